The summed E-state index contributed by atoms with van der Waals surface area (Å²) in [6.45, 7) is 1.13. The second-order valence-corrected chi connectivity index (χ2v) is 4.74. The molecule has 0 unspecified atom stereocenters. The van der Waals surface area contributed by atoms with Gasteiger partial charge in [0.2, 0.25) is 5.91 Å². The summed E-state index contributed by atoms with van der Waals surface area (Å²) in [4.78, 5) is 11.4. The fourth-order valence-electron chi connectivity index (χ4n) is 1.78. The minimum Gasteiger partial charge on any atom is -0.494 e. The van der Waals surface area contributed by atoms with Gasteiger partial charge in [-0.25, -0.2) is 4.39 Å². The molecule has 0 atom stereocenters. The molecule has 1 fully saturated rings. The lowest BCUT2D eigenvalue weighted by Gasteiger charge is -2.07. The molecule has 0 radical (unpaired) electrons. The normalized spacial score (nSPS) is 14.2. The predicted molar refractivity (Wildman–Crippen MR) is 70.4 cm³/mol. The number of ether oxygens (including phenoxy) is 1. The van der Waals surface area contributed by atoms with Crippen molar-refractivity contribution in [3.8, 4) is 5.75 Å². The Hall–Kier alpha value is -1.62. The third-order valence-electron chi connectivity index (χ3n) is 3.02. The minimum absolute atomic E-state index is 0.0795. The van der Waals surface area contributed by atoms with Gasteiger partial charge in [-0.05, 0) is 30.5 Å². The molecule has 0 aliphatic heterocycles. The van der Waals surface area contributed by atoms with Crippen LogP contribution in [-0.4, -0.2) is 25.6 Å². The maximum atomic E-state index is 13.4. The van der Waals surface area contributed by atoms with E-state index in [4.69, 9.17) is 4.74 Å². The van der Waals surface area contributed by atoms with E-state index in [0.717, 1.165) is 18.4 Å². The average Bonchev–Trinajstić information content (AvgIpc) is 3.19. The molecule has 0 aromatic heterocycles. The van der Waals surface area contributed by atoms with Crippen LogP contribution in [0.5, 0.6) is 5.75 Å². The lowest BCUT2D eigenvalue weighted by molar-refractivity contribution is -0.121. The van der Waals surface area contributed by atoms with E-state index in [0.29, 0.717) is 25.6 Å². The summed E-state index contributed by atoms with van der Waals surface area (Å²) in [5, 5.41) is 6.04. The Morgan fingerprint density at radius 1 is 1.47 bits per heavy atom. The number of benzene rings is 1. The van der Waals surface area contributed by atoms with Gasteiger partial charge in [-0.2, -0.15) is 0 Å². The third-order valence-corrected chi connectivity index (χ3v) is 3.02. The highest BCUT2D eigenvalue weighted by Gasteiger charge is 2.22. The second kappa shape index (κ2) is 6.52. The van der Waals surface area contributed by atoms with Crippen molar-refractivity contribution in [2.45, 2.75) is 31.8 Å². The lowest BCUT2D eigenvalue weighted by atomic mass is 10.2. The molecule has 0 spiro atoms. The Labute approximate surface area is 112 Å². The van der Waals surface area contributed by atoms with Gasteiger partial charge in [-0.1, -0.05) is 6.07 Å². The molecule has 1 aliphatic carbocycles. The van der Waals surface area contributed by atoms with E-state index in [1.54, 1.807) is 12.1 Å². The second-order valence-electron chi connectivity index (χ2n) is 4.74. The number of methoxy groups -OCH3 is 1. The molecule has 0 heterocycles. The Bertz CT molecular complexity index is 447. The van der Waals surface area contributed by atoms with Crippen LogP contribution < -0.4 is 15.4 Å². The van der Waals surface area contributed by atoms with Gasteiger partial charge in [0.15, 0.2) is 11.6 Å². The van der Waals surface area contributed by atoms with Gasteiger partial charge < -0.3 is 15.4 Å². The van der Waals surface area contributed by atoms with Crippen molar-refractivity contribution in [3.05, 3.63) is 29.6 Å². The number of carbonyl (C=O) groups is 1. The van der Waals surface area contributed by atoms with Crippen LogP contribution in [0.1, 0.15) is 24.8 Å². The Kier molecular flexibility index (Phi) is 4.74. The van der Waals surface area contributed by atoms with Crippen LogP contribution in [0, 0.1) is 5.82 Å². The van der Waals surface area contributed by atoms with Crippen molar-refractivity contribution >= 4 is 5.91 Å². The van der Waals surface area contributed by atoms with Gasteiger partial charge in [0.1, 0.15) is 0 Å². The Morgan fingerprint density at radius 2 is 2.26 bits per heavy atom. The molecule has 2 N–H and O–H groups in total. The Morgan fingerprint density at radius 3 is 2.89 bits per heavy atom. The summed E-state index contributed by atoms with van der Waals surface area (Å²) in [7, 11) is 1.44. The number of rotatable bonds is 7. The fourth-order valence-corrected chi connectivity index (χ4v) is 1.78. The molecule has 1 aromatic rings. The molecule has 2 rings (SSSR count). The van der Waals surface area contributed by atoms with E-state index in [1.807, 2.05) is 0 Å². The first-order valence-corrected chi connectivity index (χ1v) is 6.51. The molecule has 1 amide bonds. The van der Waals surface area contributed by atoms with Gasteiger partial charge in [-0.3, -0.25) is 4.79 Å². The zero-order valence-electron chi connectivity index (χ0n) is 11.0. The van der Waals surface area contributed by atoms with E-state index in [1.165, 1.54) is 13.2 Å². The Balaban J connectivity index is 1.67. The molecular weight excluding hydrogens is 247 g/mol. The van der Waals surface area contributed by atoms with Crippen molar-refractivity contribution in [1.29, 1.82) is 0 Å². The number of amides is 1. The first-order chi connectivity index (χ1) is 9.19. The van der Waals surface area contributed by atoms with Gasteiger partial charge in [-0.15, -0.1) is 0 Å². The smallest absolute Gasteiger partial charge is 0.221 e. The third kappa shape index (κ3) is 4.52. The average molecular weight is 266 g/mol. The summed E-state index contributed by atoms with van der Waals surface area (Å²) < 4.78 is 18.3. The molecular formula is C14H19FN2O2. The van der Waals surface area contributed by atoms with E-state index in [-0.39, 0.29) is 17.5 Å². The summed E-state index contributed by atoms with van der Waals surface area (Å²) in [6, 6.07) is 5.25. The molecule has 5 heteroatoms. The summed E-state index contributed by atoms with van der Waals surface area (Å²) in [5.74, 6) is -0.0447. The van der Waals surface area contributed by atoms with Crippen molar-refractivity contribution in [1.82, 2.24) is 10.6 Å². The van der Waals surface area contributed by atoms with Crippen LogP contribution in [-0.2, 0) is 11.3 Å². The number of nitrogens with one attached hydrogen (secondary N) is 2. The highest BCUT2D eigenvalue weighted by Crippen LogP contribution is 2.18. The number of hydrogen-bond donors (Lipinski definition) is 2. The number of halogens is 1. The molecule has 1 aromatic carbocycles. The monoisotopic (exact) mass is 266 g/mol. The van der Waals surface area contributed by atoms with E-state index in [9.17, 15) is 9.18 Å². The van der Waals surface area contributed by atoms with Crippen molar-refractivity contribution in [2.75, 3.05) is 13.7 Å². The minimum atomic E-state index is -0.367. The van der Waals surface area contributed by atoms with Gasteiger partial charge in [0, 0.05) is 25.6 Å². The van der Waals surface area contributed by atoms with Crippen LogP contribution in [0.15, 0.2) is 18.2 Å². The first kappa shape index (κ1) is 13.8. The lowest BCUT2D eigenvalue weighted by Crippen LogP contribution is -2.29. The number of carbonyl (C=O) groups excluding carboxylic acids is 1. The molecule has 19 heavy (non-hydrogen) atoms. The van der Waals surface area contributed by atoms with Crippen LogP contribution in [0.3, 0.4) is 0 Å². The zero-order valence-corrected chi connectivity index (χ0v) is 11.0. The molecule has 1 saturated carbocycles. The van der Waals surface area contributed by atoms with Crippen molar-refractivity contribution < 1.29 is 13.9 Å². The van der Waals surface area contributed by atoms with Crippen molar-refractivity contribution in [3.63, 3.8) is 0 Å². The van der Waals surface area contributed by atoms with E-state index < -0.39 is 0 Å². The van der Waals surface area contributed by atoms with Gasteiger partial charge in [0.25, 0.3) is 0 Å². The topological polar surface area (TPSA) is 50.4 Å². The largest absolute Gasteiger partial charge is 0.494 e. The van der Waals surface area contributed by atoms with Crippen LogP contribution in [0.25, 0.3) is 0 Å². The molecule has 4 nitrogen and oxygen atoms in total. The highest BCUT2D eigenvalue weighted by molar-refractivity contribution is 5.76. The SMILES string of the molecule is COc1ccc(CNCCC(=O)NC2CC2)cc1F. The van der Waals surface area contributed by atoms with E-state index >= 15 is 0 Å². The van der Waals surface area contributed by atoms with Crippen LogP contribution >= 0.6 is 0 Å². The molecule has 104 valence electrons. The standard InChI is InChI=1S/C14H19FN2O2/c1-19-13-5-2-10(8-12(13)15)9-16-7-6-14(18)17-11-3-4-11/h2,5,8,11,16H,3-4,6-7,9H2,1H3,(H,17,18). The van der Waals surface area contributed by atoms with E-state index in [2.05, 4.69) is 10.6 Å². The maximum absolute atomic E-state index is 13.4. The quantitative estimate of drug-likeness (QED) is 0.737. The summed E-state index contributed by atoms with van der Waals surface area (Å²) in [5.41, 5.74) is 0.834. The molecule has 1 aliphatic rings. The predicted octanol–water partition coefficient (Wildman–Crippen LogP) is 1.59. The molecule has 0 bridgehead atoms. The van der Waals surface area contributed by atoms with Crippen LogP contribution in [0.4, 0.5) is 4.39 Å². The fraction of sp³-hybridized carbons (Fsp3) is 0.500. The van der Waals surface area contributed by atoms with Crippen LogP contribution in [0.2, 0.25) is 0 Å². The van der Waals surface area contributed by atoms with Gasteiger partial charge >= 0.3 is 0 Å². The summed E-state index contributed by atoms with van der Waals surface area (Å²) >= 11 is 0. The number of hydrogen-bond acceptors (Lipinski definition) is 3. The zero-order chi connectivity index (χ0) is 13.7. The highest BCUT2D eigenvalue weighted by atomic mass is 19.1. The van der Waals surface area contributed by atoms with Gasteiger partial charge in [0.05, 0.1) is 7.11 Å². The maximum Gasteiger partial charge on any atom is 0.221 e. The first-order valence-electron chi connectivity index (χ1n) is 6.51. The molecule has 0 saturated heterocycles. The summed E-state index contributed by atoms with van der Waals surface area (Å²) in [6.07, 6.45) is 2.66. The van der Waals surface area contributed by atoms with Crippen molar-refractivity contribution in [2.24, 2.45) is 0 Å².